The van der Waals surface area contributed by atoms with Gasteiger partial charge in [-0.2, -0.15) is 0 Å². The zero-order valence-electron chi connectivity index (χ0n) is 11.3. The number of fused-ring (bicyclic) bond motifs is 1. The summed E-state index contributed by atoms with van der Waals surface area (Å²) in [6.07, 6.45) is 1.23. The summed E-state index contributed by atoms with van der Waals surface area (Å²) in [6, 6.07) is 9.26. The Morgan fingerprint density at radius 3 is 3.10 bits per heavy atom. The lowest BCUT2D eigenvalue weighted by Gasteiger charge is -2.12. The molecular weight excluding hydrogens is 336 g/mol. The van der Waals surface area contributed by atoms with Gasteiger partial charge in [0.25, 0.3) is 0 Å². The molecule has 0 radical (unpaired) electrons. The Morgan fingerprint density at radius 1 is 1.43 bits per heavy atom. The lowest BCUT2D eigenvalue weighted by atomic mass is 10.2. The first-order chi connectivity index (χ1) is 10.2. The third-order valence-electron chi connectivity index (χ3n) is 3.05. The molecule has 1 N–H and O–H groups in total. The van der Waals surface area contributed by atoms with E-state index in [4.69, 9.17) is 9.47 Å². The zero-order chi connectivity index (χ0) is 14.8. The van der Waals surface area contributed by atoms with Crippen LogP contribution in [-0.2, 0) is 4.74 Å². The van der Waals surface area contributed by atoms with Crippen LogP contribution in [0, 0.1) is 0 Å². The fraction of sp³-hybridized carbons (Fsp3) is 0.200. The summed E-state index contributed by atoms with van der Waals surface area (Å²) in [4.78, 5) is 15.7. The highest BCUT2D eigenvalue weighted by atomic mass is 79.9. The average molecular weight is 349 g/mol. The molecule has 6 heteroatoms. The van der Waals surface area contributed by atoms with Crippen LogP contribution >= 0.6 is 15.9 Å². The molecule has 0 bridgehead atoms. The molecule has 1 aliphatic rings. The van der Waals surface area contributed by atoms with Crippen molar-refractivity contribution in [2.24, 2.45) is 0 Å². The predicted molar refractivity (Wildman–Crippen MR) is 81.3 cm³/mol. The molecule has 108 valence electrons. The summed E-state index contributed by atoms with van der Waals surface area (Å²) in [5.41, 5.74) is 2.01. The maximum Gasteiger partial charge on any atom is 0.356 e. The first-order valence-corrected chi connectivity index (χ1v) is 7.32. The summed E-state index contributed by atoms with van der Waals surface area (Å²) >= 11 is 3.41. The largest absolute Gasteiger partial charge is 0.464 e. The van der Waals surface area contributed by atoms with Crippen molar-refractivity contribution < 1.29 is 14.3 Å². The molecule has 2 aromatic rings. The number of carbonyl (C=O) groups is 1. The summed E-state index contributed by atoms with van der Waals surface area (Å²) in [5, 5.41) is 3.25. The van der Waals surface area contributed by atoms with Gasteiger partial charge in [-0.05, 0) is 37.3 Å². The van der Waals surface area contributed by atoms with E-state index in [0.717, 1.165) is 21.5 Å². The van der Waals surface area contributed by atoms with E-state index in [2.05, 4.69) is 26.2 Å². The molecule has 1 aromatic carbocycles. The summed E-state index contributed by atoms with van der Waals surface area (Å²) in [6.45, 7) is 2.08. The van der Waals surface area contributed by atoms with E-state index < -0.39 is 5.97 Å². The molecule has 2 heterocycles. The number of nitrogens with one attached hydrogen (secondary N) is 1. The second-order valence-corrected chi connectivity index (χ2v) is 5.39. The van der Waals surface area contributed by atoms with Crippen LogP contribution in [0.2, 0.25) is 0 Å². The molecule has 0 spiro atoms. The number of carbonyl (C=O) groups excluding carboxylic acids is 1. The molecule has 1 aliphatic heterocycles. The highest BCUT2D eigenvalue weighted by Crippen LogP contribution is 2.39. The molecule has 21 heavy (non-hydrogen) atoms. The Balaban J connectivity index is 1.83. The zero-order valence-corrected chi connectivity index (χ0v) is 12.9. The van der Waals surface area contributed by atoms with Crippen molar-refractivity contribution in [3.8, 4) is 5.75 Å². The van der Waals surface area contributed by atoms with Gasteiger partial charge in [0.15, 0.2) is 6.23 Å². The lowest BCUT2D eigenvalue weighted by molar-refractivity contribution is 0.0519. The Labute approximate surface area is 130 Å². The van der Waals surface area contributed by atoms with Gasteiger partial charge in [0.1, 0.15) is 11.4 Å². The maximum atomic E-state index is 11.7. The molecule has 0 saturated carbocycles. The number of rotatable bonds is 3. The molecule has 1 aromatic heterocycles. The van der Waals surface area contributed by atoms with Crippen molar-refractivity contribution in [1.29, 1.82) is 0 Å². The SMILES string of the molecule is CCOC(=O)c1cc(C2Nc3ccc(Br)cc3O2)ccn1. The number of anilines is 1. The minimum absolute atomic E-state index is 0.275. The van der Waals surface area contributed by atoms with Gasteiger partial charge in [-0.1, -0.05) is 15.9 Å². The lowest BCUT2D eigenvalue weighted by Crippen LogP contribution is -2.13. The van der Waals surface area contributed by atoms with E-state index in [-0.39, 0.29) is 11.9 Å². The third-order valence-corrected chi connectivity index (χ3v) is 3.54. The van der Waals surface area contributed by atoms with Gasteiger partial charge in [0.05, 0.1) is 12.3 Å². The van der Waals surface area contributed by atoms with E-state index in [1.807, 2.05) is 18.2 Å². The van der Waals surface area contributed by atoms with Crippen LogP contribution in [0.5, 0.6) is 5.75 Å². The fourth-order valence-corrected chi connectivity index (χ4v) is 2.43. The van der Waals surface area contributed by atoms with Crippen molar-refractivity contribution in [1.82, 2.24) is 4.98 Å². The van der Waals surface area contributed by atoms with E-state index in [9.17, 15) is 4.79 Å². The van der Waals surface area contributed by atoms with Crippen LogP contribution in [0.3, 0.4) is 0 Å². The molecule has 0 amide bonds. The first kappa shape index (κ1) is 13.9. The van der Waals surface area contributed by atoms with Gasteiger partial charge in [0.2, 0.25) is 0 Å². The molecule has 3 rings (SSSR count). The minimum Gasteiger partial charge on any atom is -0.464 e. The number of aromatic nitrogens is 1. The smallest absolute Gasteiger partial charge is 0.356 e. The Hall–Kier alpha value is -2.08. The first-order valence-electron chi connectivity index (χ1n) is 6.53. The topological polar surface area (TPSA) is 60.5 Å². The van der Waals surface area contributed by atoms with Crippen molar-refractivity contribution in [2.45, 2.75) is 13.2 Å². The van der Waals surface area contributed by atoms with Gasteiger partial charge >= 0.3 is 5.97 Å². The summed E-state index contributed by atoms with van der Waals surface area (Å²) in [7, 11) is 0. The second kappa shape index (κ2) is 5.73. The number of nitrogens with zero attached hydrogens (tertiary/aromatic N) is 1. The second-order valence-electron chi connectivity index (χ2n) is 4.48. The number of esters is 1. The van der Waals surface area contributed by atoms with Crippen LogP contribution in [0.15, 0.2) is 41.0 Å². The number of benzene rings is 1. The van der Waals surface area contributed by atoms with Gasteiger partial charge in [-0.3, -0.25) is 0 Å². The van der Waals surface area contributed by atoms with Crippen molar-refractivity contribution >= 4 is 27.6 Å². The van der Waals surface area contributed by atoms with Crippen LogP contribution in [0.1, 0.15) is 29.2 Å². The van der Waals surface area contributed by atoms with E-state index in [0.29, 0.717) is 6.61 Å². The van der Waals surface area contributed by atoms with Crippen molar-refractivity contribution in [3.63, 3.8) is 0 Å². The van der Waals surface area contributed by atoms with E-state index in [1.54, 1.807) is 25.3 Å². The van der Waals surface area contributed by atoms with Crippen LogP contribution in [-0.4, -0.2) is 17.6 Å². The fourth-order valence-electron chi connectivity index (χ4n) is 2.09. The minimum atomic E-state index is -0.433. The Kier molecular flexibility index (Phi) is 3.79. The maximum absolute atomic E-state index is 11.7. The monoisotopic (exact) mass is 348 g/mol. The Morgan fingerprint density at radius 2 is 2.29 bits per heavy atom. The molecular formula is C15H13BrN2O3. The van der Waals surface area contributed by atoms with E-state index >= 15 is 0 Å². The highest BCUT2D eigenvalue weighted by Gasteiger charge is 2.24. The number of ether oxygens (including phenoxy) is 2. The van der Waals surface area contributed by atoms with Crippen molar-refractivity contribution in [3.05, 3.63) is 52.3 Å². The quantitative estimate of drug-likeness (QED) is 0.859. The van der Waals surface area contributed by atoms with Gasteiger partial charge in [0, 0.05) is 16.2 Å². The number of hydrogen-bond acceptors (Lipinski definition) is 5. The summed E-state index contributed by atoms with van der Waals surface area (Å²) < 4.78 is 11.8. The number of halogens is 1. The van der Waals surface area contributed by atoms with Crippen LogP contribution in [0.25, 0.3) is 0 Å². The molecule has 0 fully saturated rings. The standard InChI is InChI=1S/C15H13BrN2O3/c1-2-20-15(19)12-7-9(5-6-17-12)14-18-11-4-3-10(16)8-13(11)21-14/h3-8,14,18H,2H2,1H3. The highest BCUT2D eigenvalue weighted by molar-refractivity contribution is 9.10. The van der Waals surface area contributed by atoms with Gasteiger partial charge in [-0.25, -0.2) is 9.78 Å². The molecule has 0 aliphatic carbocycles. The number of pyridine rings is 1. The average Bonchev–Trinajstić information content (AvgIpc) is 2.90. The van der Waals surface area contributed by atoms with Crippen LogP contribution < -0.4 is 10.1 Å². The Bertz CT molecular complexity index is 690. The summed E-state index contributed by atoms with van der Waals surface area (Å²) in [5.74, 6) is 0.335. The molecule has 0 saturated heterocycles. The molecule has 1 atom stereocenters. The van der Waals surface area contributed by atoms with Gasteiger partial charge in [-0.15, -0.1) is 0 Å². The molecule has 5 nitrogen and oxygen atoms in total. The van der Waals surface area contributed by atoms with E-state index in [1.165, 1.54) is 0 Å². The number of hydrogen-bond donors (Lipinski definition) is 1. The van der Waals surface area contributed by atoms with Crippen molar-refractivity contribution in [2.75, 3.05) is 11.9 Å². The predicted octanol–water partition coefficient (Wildman–Crippen LogP) is 3.52. The third kappa shape index (κ3) is 2.85. The van der Waals surface area contributed by atoms with Gasteiger partial charge < -0.3 is 14.8 Å². The molecule has 1 unspecified atom stereocenters. The normalized spacial score (nSPS) is 15.8. The van der Waals surface area contributed by atoms with Crippen LogP contribution in [0.4, 0.5) is 5.69 Å².